The highest BCUT2D eigenvalue weighted by Gasteiger charge is 2.32. The monoisotopic (exact) mass is 415 g/mol. The Morgan fingerprint density at radius 2 is 1.79 bits per heavy atom. The molecule has 0 bridgehead atoms. The van der Waals surface area contributed by atoms with Gasteiger partial charge in [-0.05, 0) is 42.3 Å². The third-order valence-corrected chi connectivity index (χ3v) is 6.15. The molecule has 1 aliphatic heterocycles. The van der Waals surface area contributed by atoms with Crippen molar-refractivity contribution in [3.8, 4) is 5.75 Å². The summed E-state index contributed by atoms with van der Waals surface area (Å²) in [5, 5.41) is 6.13. The van der Waals surface area contributed by atoms with Crippen LogP contribution in [0.4, 0.5) is 5.69 Å². The van der Waals surface area contributed by atoms with Crippen LogP contribution < -0.4 is 9.46 Å². The van der Waals surface area contributed by atoms with Crippen molar-refractivity contribution in [1.29, 1.82) is 0 Å². The minimum atomic E-state index is -3.32. The maximum absolute atomic E-state index is 12.5. The van der Waals surface area contributed by atoms with Crippen LogP contribution in [0.15, 0.2) is 53.6 Å². The van der Waals surface area contributed by atoms with Crippen LogP contribution in [0.1, 0.15) is 43.9 Å². The first kappa shape index (κ1) is 20.9. The first-order valence-corrected chi connectivity index (χ1v) is 11.2. The van der Waals surface area contributed by atoms with Gasteiger partial charge in [0, 0.05) is 18.5 Å². The summed E-state index contributed by atoms with van der Waals surface area (Å²) >= 11 is 0. The zero-order valence-corrected chi connectivity index (χ0v) is 17.6. The Labute approximate surface area is 171 Å². The number of benzene rings is 2. The lowest BCUT2D eigenvalue weighted by molar-refractivity contribution is -0.132. The predicted molar refractivity (Wildman–Crippen MR) is 114 cm³/mol. The molecule has 0 radical (unpaired) electrons. The van der Waals surface area contributed by atoms with Gasteiger partial charge in [-0.1, -0.05) is 31.2 Å². The molecule has 1 N–H and O–H groups in total. The Kier molecular flexibility index (Phi) is 6.22. The minimum absolute atomic E-state index is 0.0130. The Morgan fingerprint density at radius 3 is 2.34 bits per heavy atom. The summed E-state index contributed by atoms with van der Waals surface area (Å²) in [5.41, 5.74) is 3.13. The van der Waals surface area contributed by atoms with Gasteiger partial charge in [0.05, 0.1) is 24.6 Å². The van der Waals surface area contributed by atoms with Gasteiger partial charge >= 0.3 is 0 Å². The number of rotatable bonds is 7. The number of ether oxygens (including phenoxy) is 1. The van der Waals surface area contributed by atoms with Crippen molar-refractivity contribution in [3.63, 3.8) is 0 Å². The van der Waals surface area contributed by atoms with Crippen molar-refractivity contribution < 1.29 is 17.9 Å². The molecule has 2 aromatic rings. The van der Waals surface area contributed by atoms with Crippen LogP contribution >= 0.6 is 0 Å². The molecule has 154 valence electrons. The number of methoxy groups -OCH3 is 1. The van der Waals surface area contributed by atoms with E-state index in [-0.39, 0.29) is 17.7 Å². The molecule has 1 heterocycles. The molecule has 0 aliphatic carbocycles. The number of carbonyl (C=O) groups is 1. The largest absolute Gasteiger partial charge is 0.497 e. The van der Waals surface area contributed by atoms with Crippen molar-refractivity contribution in [2.24, 2.45) is 5.10 Å². The van der Waals surface area contributed by atoms with Crippen molar-refractivity contribution in [3.05, 3.63) is 59.7 Å². The van der Waals surface area contributed by atoms with E-state index in [2.05, 4.69) is 9.82 Å². The van der Waals surface area contributed by atoms with Crippen LogP contribution in [-0.4, -0.2) is 37.9 Å². The second kappa shape index (κ2) is 8.65. The molecule has 0 saturated carbocycles. The maximum atomic E-state index is 12.5. The summed E-state index contributed by atoms with van der Waals surface area (Å²) in [5.74, 6) is 0.721. The van der Waals surface area contributed by atoms with Crippen molar-refractivity contribution in [2.75, 3.05) is 17.6 Å². The van der Waals surface area contributed by atoms with E-state index in [1.807, 2.05) is 43.3 Å². The molecule has 1 aliphatic rings. The molecule has 7 nitrogen and oxygen atoms in total. The Bertz CT molecular complexity index is 999. The standard InChI is InChI=1S/C21H25N3O4S/c1-4-21(25)24-20(16-8-12-18(28-3)13-9-16)14-19(22-24)15-6-10-17(11-7-15)23-29(26,27)5-2/h6-13,20,23H,4-5,14H2,1-3H3. The molecule has 1 amide bonds. The molecule has 3 rings (SSSR count). The SMILES string of the molecule is CCC(=O)N1N=C(c2ccc(NS(=O)(=O)CC)cc2)CC1c1ccc(OC)cc1. The summed E-state index contributed by atoms with van der Waals surface area (Å²) in [6, 6.07) is 14.5. The number of hydrazone groups is 1. The lowest BCUT2D eigenvalue weighted by Crippen LogP contribution is -2.26. The lowest BCUT2D eigenvalue weighted by Gasteiger charge is -2.21. The van der Waals surface area contributed by atoms with E-state index < -0.39 is 10.0 Å². The number of nitrogens with zero attached hydrogens (tertiary/aromatic N) is 2. The van der Waals surface area contributed by atoms with Crippen molar-refractivity contribution in [1.82, 2.24) is 5.01 Å². The average Bonchev–Trinajstić information content (AvgIpc) is 3.19. The molecule has 1 unspecified atom stereocenters. The zero-order valence-electron chi connectivity index (χ0n) is 16.8. The Morgan fingerprint density at radius 1 is 1.14 bits per heavy atom. The van der Waals surface area contributed by atoms with Crippen molar-refractivity contribution in [2.45, 2.75) is 32.7 Å². The third kappa shape index (κ3) is 4.76. The molecular weight excluding hydrogens is 390 g/mol. The van der Waals surface area contributed by atoms with Gasteiger partial charge in [0.1, 0.15) is 5.75 Å². The molecular formula is C21H25N3O4S. The van der Waals surface area contributed by atoms with Crippen LogP contribution in [0.3, 0.4) is 0 Å². The summed E-state index contributed by atoms with van der Waals surface area (Å²) in [6.45, 7) is 3.40. The van der Waals surface area contributed by atoms with E-state index in [9.17, 15) is 13.2 Å². The van der Waals surface area contributed by atoms with E-state index in [0.29, 0.717) is 18.5 Å². The highest BCUT2D eigenvalue weighted by Crippen LogP contribution is 2.34. The molecule has 1 atom stereocenters. The second-order valence-electron chi connectivity index (χ2n) is 6.71. The summed E-state index contributed by atoms with van der Waals surface area (Å²) in [4.78, 5) is 12.5. The fraction of sp³-hybridized carbons (Fsp3) is 0.333. The quantitative estimate of drug-likeness (QED) is 0.749. The molecule has 29 heavy (non-hydrogen) atoms. The van der Waals surface area contributed by atoms with Gasteiger partial charge in [0.25, 0.3) is 0 Å². The van der Waals surface area contributed by atoms with E-state index in [0.717, 1.165) is 22.6 Å². The number of amides is 1. The fourth-order valence-corrected chi connectivity index (χ4v) is 3.78. The number of carbonyl (C=O) groups excluding carboxylic acids is 1. The van der Waals surface area contributed by atoms with Crippen LogP contribution in [0, 0.1) is 0 Å². The molecule has 2 aromatic carbocycles. The minimum Gasteiger partial charge on any atom is -0.497 e. The predicted octanol–water partition coefficient (Wildman–Crippen LogP) is 3.54. The van der Waals surface area contributed by atoms with E-state index in [1.165, 1.54) is 0 Å². The normalized spacial score (nSPS) is 16.4. The van der Waals surface area contributed by atoms with Crippen LogP contribution in [0.2, 0.25) is 0 Å². The maximum Gasteiger partial charge on any atom is 0.242 e. The molecule has 0 spiro atoms. The summed E-state index contributed by atoms with van der Waals surface area (Å²) < 4.78 is 31.2. The van der Waals surface area contributed by atoms with Gasteiger partial charge in [0.2, 0.25) is 15.9 Å². The number of sulfonamides is 1. The van der Waals surface area contributed by atoms with Gasteiger partial charge < -0.3 is 4.74 Å². The highest BCUT2D eigenvalue weighted by atomic mass is 32.2. The van der Waals surface area contributed by atoms with Crippen LogP contribution in [-0.2, 0) is 14.8 Å². The first-order valence-electron chi connectivity index (χ1n) is 9.51. The van der Waals surface area contributed by atoms with E-state index in [4.69, 9.17) is 4.74 Å². The highest BCUT2D eigenvalue weighted by molar-refractivity contribution is 7.92. The van der Waals surface area contributed by atoms with Crippen LogP contribution in [0.5, 0.6) is 5.75 Å². The lowest BCUT2D eigenvalue weighted by atomic mass is 9.98. The molecule has 0 fully saturated rings. The van der Waals surface area contributed by atoms with Crippen molar-refractivity contribution >= 4 is 27.3 Å². The fourth-order valence-electron chi connectivity index (χ4n) is 3.14. The van der Waals surface area contributed by atoms with Gasteiger partial charge in [-0.15, -0.1) is 0 Å². The second-order valence-corrected chi connectivity index (χ2v) is 8.73. The Balaban J connectivity index is 1.84. The number of hydrogen-bond donors (Lipinski definition) is 1. The smallest absolute Gasteiger partial charge is 0.242 e. The van der Waals surface area contributed by atoms with E-state index >= 15 is 0 Å². The third-order valence-electron chi connectivity index (χ3n) is 4.84. The van der Waals surface area contributed by atoms with E-state index in [1.54, 1.807) is 31.2 Å². The summed E-state index contributed by atoms with van der Waals surface area (Å²) in [7, 11) is -1.71. The number of hydrogen-bond acceptors (Lipinski definition) is 5. The van der Waals surface area contributed by atoms with Crippen LogP contribution in [0.25, 0.3) is 0 Å². The average molecular weight is 416 g/mol. The molecule has 0 aromatic heterocycles. The number of anilines is 1. The first-order chi connectivity index (χ1) is 13.9. The van der Waals surface area contributed by atoms with Gasteiger partial charge in [-0.2, -0.15) is 5.10 Å². The molecule has 0 saturated heterocycles. The Hall–Kier alpha value is -2.87. The topological polar surface area (TPSA) is 88.1 Å². The number of nitrogens with one attached hydrogen (secondary N) is 1. The zero-order chi connectivity index (χ0) is 21.0. The van der Waals surface area contributed by atoms with Gasteiger partial charge in [-0.3, -0.25) is 9.52 Å². The molecule has 8 heteroatoms. The summed E-state index contributed by atoms with van der Waals surface area (Å²) in [6.07, 6.45) is 0.944. The van der Waals surface area contributed by atoms with Gasteiger partial charge in [0.15, 0.2) is 0 Å². The van der Waals surface area contributed by atoms with Gasteiger partial charge in [-0.25, -0.2) is 13.4 Å².